The first-order valence-corrected chi connectivity index (χ1v) is 9.95. The molecule has 29 heavy (non-hydrogen) atoms. The number of hydrogen-bond donors (Lipinski definition) is 1. The van der Waals surface area contributed by atoms with Crippen molar-refractivity contribution in [2.75, 3.05) is 32.6 Å². The van der Waals surface area contributed by atoms with Crippen molar-refractivity contribution in [2.24, 2.45) is 5.92 Å². The van der Waals surface area contributed by atoms with E-state index in [1.54, 1.807) is 14.2 Å². The first-order valence-electron chi connectivity index (χ1n) is 9.95. The fourth-order valence-electron chi connectivity index (χ4n) is 3.63. The zero-order chi connectivity index (χ0) is 20.6. The molecule has 3 rings (SSSR count). The first kappa shape index (κ1) is 20.7. The number of nitrogens with one attached hydrogen (secondary N) is 1. The average Bonchev–Trinajstić information content (AvgIpc) is 2.78. The lowest BCUT2D eigenvalue weighted by Gasteiger charge is -2.32. The van der Waals surface area contributed by atoms with E-state index in [1.807, 2.05) is 53.4 Å². The molecule has 0 bridgehead atoms. The molecule has 1 aliphatic rings. The van der Waals surface area contributed by atoms with Gasteiger partial charge in [-0.2, -0.15) is 0 Å². The molecule has 0 saturated carbocycles. The SMILES string of the molecule is COc1ccc(CCC(=O)N2CCCC(C(=O)Nc3ccccc3)C2)cc1OC. The molecule has 154 valence electrons. The Kier molecular flexibility index (Phi) is 7.11. The van der Waals surface area contributed by atoms with E-state index in [9.17, 15) is 9.59 Å². The summed E-state index contributed by atoms with van der Waals surface area (Å²) in [6.45, 7) is 1.18. The van der Waals surface area contributed by atoms with Gasteiger partial charge in [0, 0.05) is 25.2 Å². The van der Waals surface area contributed by atoms with Crippen LogP contribution in [0.1, 0.15) is 24.8 Å². The number of ether oxygens (including phenoxy) is 2. The summed E-state index contributed by atoms with van der Waals surface area (Å²) in [5, 5.41) is 2.95. The lowest BCUT2D eigenvalue weighted by atomic mass is 9.96. The quantitative estimate of drug-likeness (QED) is 0.778. The van der Waals surface area contributed by atoms with Crippen LogP contribution in [0.3, 0.4) is 0 Å². The van der Waals surface area contributed by atoms with Crippen molar-refractivity contribution in [2.45, 2.75) is 25.7 Å². The number of carbonyl (C=O) groups excluding carboxylic acids is 2. The van der Waals surface area contributed by atoms with Gasteiger partial charge in [0.1, 0.15) is 0 Å². The van der Waals surface area contributed by atoms with Gasteiger partial charge in [0.25, 0.3) is 0 Å². The van der Waals surface area contributed by atoms with Crippen LogP contribution in [-0.4, -0.2) is 44.0 Å². The van der Waals surface area contributed by atoms with Gasteiger partial charge in [0.05, 0.1) is 20.1 Å². The highest BCUT2D eigenvalue weighted by atomic mass is 16.5. The molecule has 1 N–H and O–H groups in total. The summed E-state index contributed by atoms with van der Waals surface area (Å²) in [7, 11) is 3.20. The molecule has 2 aromatic rings. The second kappa shape index (κ2) is 9.96. The molecule has 1 saturated heterocycles. The monoisotopic (exact) mass is 396 g/mol. The van der Waals surface area contributed by atoms with Crippen molar-refractivity contribution < 1.29 is 19.1 Å². The number of aryl methyl sites for hydroxylation is 1. The summed E-state index contributed by atoms with van der Waals surface area (Å²) >= 11 is 0. The lowest BCUT2D eigenvalue weighted by Crippen LogP contribution is -2.43. The number of rotatable bonds is 7. The van der Waals surface area contributed by atoms with E-state index in [0.29, 0.717) is 37.4 Å². The van der Waals surface area contributed by atoms with Crippen molar-refractivity contribution in [3.8, 4) is 11.5 Å². The zero-order valence-corrected chi connectivity index (χ0v) is 17.0. The average molecular weight is 396 g/mol. The van der Waals surface area contributed by atoms with Crippen LogP contribution in [0.2, 0.25) is 0 Å². The van der Waals surface area contributed by atoms with Gasteiger partial charge in [-0.15, -0.1) is 0 Å². The molecule has 1 atom stereocenters. The topological polar surface area (TPSA) is 67.9 Å². The number of likely N-dealkylation sites (tertiary alicyclic amines) is 1. The Bertz CT molecular complexity index is 838. The zero-order valence-electron chi connectivity index (χ0n) is 17.0. The summed E-state index contributed by atoms with van der Waals surface area (Å²) < 4.78 is 10.6. The molecular weight excluding hydrogens is 368 g/mol. The molecule has 1 heterocycles. The summed E-state index contributed by atoms with van der Waals surface area (Å²) in [4.78, 5) is 27.1. The van der Waals surface area contributed by atoms with Crippen molar-refractivity contribution in [1.29, 1.82) is 0 Å². The van der Waals surface area contributed by atoms with E-state index in [0.717, 1.165) is 24.1 Å². The number of hydrogen-bond acceptors (Lipinski definition) is 4. The standard InChI is InChI=1S/C23H28N2O4/c1-28-20-12-10-17(15-21(20)29-2)11-13-22(26)25-14-6-7-18(16-25)23(27)24-19-8-4-3-5-9-19/h3-5,8-10,12,15,18H,6-7,11,13-14,16H2,1-2H3,(H,24,27). The van der Waals surface area contributed by atoms with Crippen molar-refractivity contribution in [1.82, 2.24) is 4.90 Å². The van der Waals surface area contributed by atoms with Crippen LogP contribution in [0, 0.1) is 5.92 Å². The number of nitrogens with zero attached hydrogens (tertiary/aromatic N) is 1. The number of methoxy groups -OCH3 is 2. The minimum absolute atomic E-state index is 0.0198. The van der Waals surface area contributed by atoms with Gasteiger partial charge in [0.2, 0.25) is 11.8 Å². The van der Waals surface area contributed by atoms with Crippen molar-refractivity contribution >= 4 is 17.5 Å². The summed E-state index contributed by atoms with van der Waals surface area (Å²) in [6.07, 6.45) is 2.67. The Morgan fingerprint density at radius 3 is 2.55 bits per heavy atom. The molecule has 0 aromatic heterocycles. The second-order valence-electron chi connectivity index (χ2n) is 7.22. The van der Waals surface area contributed by atoms with Gasteiger partial charge in [0.15, 0.2) is 11.5 Å². The molecule has 1 unspecified atom stereocenters. The third-order valence-corrected chi connectivity index (χ3v) is 5.26. The first-order chi connectivity index (χ1) is 14.1. The maximum Gasteiger partial charge on any atom is 0.229 e. The Morgan fingerprint density at radius 1 is 1.07 bits per heavy atom. The summed E-state index contributed by atoms with van der Waals surface area (Å²) in [5.74, 6) is 1.22. The largest absolute Gasteiger partial charge is 0.493 e. The molecule has 6 nitrogen and oxygen atoms in total. The van der Waals surface area contributed by atoms with E-state index in [2.05, 4.69) is 5.32 Å². The minimum Gasteiger partial charge on any atom is -0.493 e. The number of benzene rings is 2. The van der Waals surface area contributed by atoms with Crippen LogP contribution in [0.15, 0.2) is 48.5 Å². The van der Waals surface area contributed by atoms with Gasteiger partial charge >= 0.3 is 0 Å². The molecule has 6 heteroatoms. The van der Waals surface area contributed by atoms with Crippen LogP contribution < -0.4 is 14.8 Å². The Hall–Kier alpha value is -3.02. The molecule has 2 amide bonds. The van der Waals surface area contributed by atoms with Crippen LogP contribution >= 0.6 is 0 Å². The normalized spacial score (nSPS) is 16.2. The predicted octanol–water partition coefficient (Wildman–Crippen LogP) is 3.51. The van der Waals surface area contributed by atoms with Gasteiger partial charge < -0.3 is 19.7 Å². The number of amides is 2. The molecule has 0 radical (unpaired) electrons. The number of anilines is 1. The highest BCUT2D eigenvalue weighted by molar-refractivity contribution is 5.93. The molecule has 0 aliphatic carbocycles. The van der Waals surface area contributed by atoms with Crippen LogP contribution in [0.25, 0.3) is 0 Å². The second-order valence-corrected chi connectivity index (χ2v) is 7.22. The van der Waals surface area contributed by atoms with Gasteiger partial charge in [-0.1, -0.05) is 24.3 Å². The molecule has 1 aliphatic heterocycles. The fraction of sp³-hybridized carbons (Fsp3) is 0.391. The van der Waals surface area contributed by atoms with Crippen molar-refractivity contribution in [3.05, 3.63) is 54.1 Å². The lowest BCUT2D eigenvalue weighted by molar-refractivity contribution is -0.134. The van der Waals surface area contributed by atoms with E-state index < -0.39 is 0 Å². The molecule has 1 fully saturated rings. The maximum atomic E-state index is 12.7. The Morgan fingerprint density at radius 2 is 1.83 bits per heavy atom. The summed E-state index contributed by atoms with van der Waals surface area (Å²) in [6, 6.07) is 15.1. The number of piperidine rings is 1. The van der Waals surface area contributed by atoms with Gasteiger partial charge in [-0.05, 0) is 49.1 Å². The third kappa shape index (κ3) is 5.50. The Labute approximate surface area is 171 Å². The van der Waals surface area contributed by atoms with Crippen LogP contribution in [0.4, 0.5) is 5.69 Å². The minimum atomic E-state index is -0.172. The van der Waals surface area contributed by atoms with E-state index in [-0.39, 0.29) is 17.7 Å². The molecular formula is C23H28N2O4. The van der Waals surface area contributed by atoms with E-state index >= 15 is 0 Å². The smallest absolute Gasteiger partial charge is 0.229 e. The number of carbonyl (C=O) groups is 2. The van der Waals surface area contributed by atoms with E-state index in [1.165, 1.54) is 0 Å². The van der Waals surface area contributed by atoms with Crippen molar-refractivity contribution in [3.63, 3.8) is 0 Å². The Balaban J connectivity index is 1.53. The highest BCUT2D eigenvalue weighted by Gasteiger charge is 2.28. The van der Waals surface area contributed by atoms with Gasteiger partial charge in [-0.25, -0.2) is 0 Å². The third-order valence-electron chi connectivity index (χ3n) is 5.26. The molecule has 0 spiro atoms. The highest BCUT2D eigenvalue weighted by Crippen LogP contribution is 2.28. The molecule has 2 aromatic carbocycles. The van der Waals surface area contributed by atoms with Crippen LogP contribution in [0.5, 0.6) is 11.5 Å². The number of para-hydroxylation sites is 1. The fourth-order valence-corrected chi connectivity index (χ4v) is 3.63. The predicted molar refractivity (Wildman–Crippen MR) is 112 cm³/mol. The van der Waals surface area contributed by atoms with Gasteiger partial charge in [-0.3, -0.25) is 9.59 Å². The maximum absolute atomic E-state index is 12.7. The van der Waals surface area contributed by atoms with E-state index in [4.69, 9.17) is 9.47 Å². The van der Waals surface area contributed by atoms with Crippen LogP contribution in [-0.2, 0) is 16.0 Å². The summed E-state index contributed by atoms with van der Waals surface area (Å²) in [5.41, 5.74) is 1.81.